The number of ether oxygens (including phenoxy) is 2. The zero-order chi connectivity index (χ0) is 18.0. The molecule has 25 heavy (non-hydrogen) atoms. The number of rotatable bonds is 3. The van der Waals surface area contributed by atoms with Gasteiger partial charge in [0.05, 0.1) is 6.61 Å². The summed E-state index contributed by atoms with van der Waals surface area (Å²) in [6.07, 6.45) is 6.23. The molecule has 1 aromatic rings. The van der Waals surface area contributed by atoms with E-state index in [0.29, 0.717) is 13.2 Å². The molecule has 0 amide bonds. The number of hydrogen-bond donors (Lipinski definition) is 1. The molecule has 0 aromatic carbocycles. The van der Waals surface area contributed by atoms with E-state index in [1.807, 2.05) is 6.07 Å². The molecule has 8 nitrogen and oxygen atoms in total. The molecule has 8 heteroatoms. The second kappa shape index (κ2) is 7.02. The highest BCUT2D eigenvalue weighted by Crippen LogP contribution is 2.36. The van der Waals surface area contributed by atoms with Crippen LogP contribution in [0.1, 0.15) is 44.1 Å². The van der Waals surface area contributed by atoms with Crippen molar-refractivity contribution in [2.24, 2.45) is 14.1 Å². The summed E-state index contributed by atoms with van der Waals surface area (Å²) >= 11 is 0. The third-order valence-electron chi connectivity index (χ3n) is 5.05. The van der Waals surface area contributed by atoms with Crippen molar-refractivity contribution in [2.75, 3.05) is 18.5 Å². The van der Waals surface area contributed by atoms with Crippen LogP contribution in [0.2, 0.25) is 0 Å². The lowest BCUT2D eigenvalue weighted by Crippen LogP contribution is -2.40. The van der Waals surface area contributed by atoms with Crippen molar-refractivity contribution >= 4 is 5.82 Å². The summed E-state index contributed by atoms with van der Waals surface area (Å²) in [4.78, 5) is 24.2. The molecule has 0 unspecified atom stereocenters. The van der Waals surface area contributed by atoms with Crippen LogP contribution in [-0.4, -0.2) is 34.2 Å². The van der Waals surface area contributed by atoms with Crippen molar-refractivity contribution in [3.05, 3.63) is 26.4 Å². The molecule has 2 heterocycles. The van der Waals surface area contributed by atoms with Gasteiger partial charge >= 0.3 is 5.69 Å². The molecule has 2 fully saturated rings. The number of aromatic nitrogens is 2. The van der Waals surface area contributed by atoms with Crippen LogP contribution in [0.4, 0.5) is 5.82 Å². The lowest BCUT2D eigenvalue weighted by atomic mass is 10.1. The zero-order valence-electron chi connectivity index (χ0n) is 14.7. The molecule has 1 aromatic heterocycles. The first-order valence-corrected chi connectivity index (χ1v) is 8.73. The number of nitrogens with one attached hydrogen (secondary N) is 1. The van der Waals surface area contributed by atoms with Crippen molar-refractivity contribution in [1.29, 1.82) is 5.26 Å². The Kier molecular flexibility index (Phi) is 4.97. The lowest BCUT2D eigenvalue weighted by molar-refractivity contribution is -0.174. The summed E-state index contributed by atoms with van der Waals surface area (Å²) in [7, 11) is 2.89. The molecule has 136 valence electrons. The van der Waals surface area contributed by atoms with Crippen molar-refractivity contribution < 1.29 is 9.47 Å². The summed E-state index contributed by atoms with van der Waals surface area (Å²) in [6.45, 7) is 0.838. The second-order valence-electron chi connectivity index (χ2n) is 6.80. The molecule has 1 atom stereocenters. The van der Waals surface area contributed by atoms with Gasteiger partial charge in [-0.05, 0) is 12.8 Å². The highest BCUT2D eigenvalue weighted by Gasteiger charge is 2.41. The molecular weight excluding hydrogens is 324 g/mol. The summed E-state index contributed by atoms with van der Waals surface area (Å²) in [5.41, 5.74) is -1.15. The topological polar surface area (TPSA) is 98.3 Å². The molecule has 1 N–H and O–H groups in total. The number of nitriles is 1. The largest absolute Gasteiger partial charge is 0.367 e. The molecule has 1 saturated heterocycles. The minimum atomic E-state index is -0.600. The Morgan fingerprint density at radius 1 is 1.20 bits per heavy atom. The average molecular weight is 348 g/mol. The van der Waals surface area contributed by atoms with E-state index in [-0.39, 0.29) is 17.5 Å². The Bertz CT molecular complexity index is 797. The third kappa shape index (κ3) is 3.34. The highest BCUT2D eigenvalue weighted by atomic mass is 16.7. The van der Waals surface area contributed by atoms with Crippen LogP contribution in [0.15, 0.2) is 9.59 Å². The summed E-state index contributed by atoms with van der Waals surface area (Å²) < 4.78 is 14.3. The van der Waals surface area contributed by atoms with Gasteiger partial charge in [0.2, 0.25) is 0 Å². The normalized spacial score (nSPS) is 22.5. The SMILES string of the molecule is Cn1c(NC[C@@H]2COC3(CCCCCC3)O2)c(C#N)c(=O)n(C)c1=O. The van der Waals surface area contributed by atoms with Gasteiger partial charge in [-0.25, -0.2) is 4.79 Å². The van der Waals surface area contributed by atoms with Gasteiger partial charge in [0.25, 0.3) is 5.56 Å². The Morgan fingerprint density at radius 3 is 2.52 bits per heavy atom. The van der Waals surface area contributed by atoms with Crippen LogP contribution in [0.3, 0.4) is 0 Å². The monoisotopic (exact) mass is 348 g/mol. The first-order valence-electron chi connectivity index (χ1n) is 8.73. The Labute approximate surface area is 146 Å². The fraction of sp³-hybridized carbons (Fsp3) is 0.706. The first-order chi connectivity index (χ1) is 12.0. The van der Waals surface area contributed by atoms with Crippen LogP contribution in [0.5, 0.6) is 0 Å². The van der Waals surface area contributed by atoms with E-state index in [9.17, 15) is 14.9 Å². The minimum Gasteiger partial charge on any atom is -0.367 e. The molecule has 1 saturated carbocycles. The predicted molar refractivity (Wildman–Crippen MR) is 91.4 cm³/mol. The Morgan fingerprint density at radius 2 is 1.88 bits per heavy atom. The zero-order valence-corrected chi connectivity index (χ0v) is 14.7. The van der Waals surface area contributed by atoms with E-state index in [4.69, 9.17) is 9.47 Å². The third-order valence-corrected chi connectivity index (χ3v) is 5.05. The predicted octanol–water partition coefficient (Wildman–Crippen LogP) is 0.833. The van der Waals surface area contributed by atoms with Gasteiger partial charge in [-0.3, -0.25) is 13.9 Å². The molecule has 1 aliphatic carbocycles. The molecule has 3 rings (SSSR count). The van der Waals surface area contributed by atoms with Crippen LogP contribution in [-0.2, 0) is 23.6 Å². The second-order valence-corrected chi connectivity index (χ2v) is 6.80. The van der Waals surface area contributed by atoms with Gasteiger partial charge < -0.3 is 14.8 Å². The fourth-order valence-electron chi connectivity index (χ4n) is 3.61. The minimum absolute atomic E-state index is 0.0762. The van der Waals surface area contributed by atoms with E-state index >= 15 is 0 Å². The van der Waals surface area contributed by atoms with Crippen molar-refractivity contribution in [3.63, 3.8) is 0 Å². The number of hydrogen-bond acceptors (Lipinski definition) is 6. The molecule has 1 aliphatic heterocycles. The van der Waals surface area contributed by atoms with E-state index in [1.165, 1.54) is 31.5 Å². The van der Waals surface area contributed by atoms with Gasteiger partial charge in [-0.15, -0.1) is 0 Å². The summed E-state index contributed by atoms with van der Waals surface area (Å²) in [6, 6.07) is 1.89. The molecular formula is C17H24N4O4. The molecule has 1 spiro atoms. The summed E-state index contributed by atoms with van der Waals surface area (Å²) in [5.74, 6) is -0.263. The van der Waals surface area contributed by atoms with E-state index < -0.39 is 17.0 Å². The molecule has 2 aliphatic rings. The van der Waals surface area contributed by atoms with Gasteiger partial charge in [0, 0.05) is 33.5 Å². The lowest BCUT2D eigenvalue weighted by Gasteiger charge is -2.26. The maximum absolute atomic E-state index is 12.1. The van der Waals surface area contributed by atoms with Crippen LogP contribution >= 0.6 is 0 Å². The van der Waals surface area contributed by atoms with Crippen LogP contribution in [0.25, 0.3) is 0 Å². The fourth-order valence-corrected chi connectivity index (χ4v) is 3.61. The van der Waals surface area contributed by atoms with Gasteiger partial charge in [-0.2, -0.15) is 5.26 Å². The number of nitrogens with zero attached hydrogens (tertiary/aromatic N) is 3. The number of anilines is 1. The molecule has 0 radical (unpaired) electrons. The maximum Gasteiger partial charge on any atom is 0.332 e. The van der Waals surface area contributed by atoms with E-state index in [1.54, 1.807) is 0 Å². The smallest absolute Gasteiger partial charge is 0.332 e. The van der Waals surface area contributed by atoms with Gasteiger partial charge in [0.15, 0.2) is 11.4 Å². The van der Waals surface area contributed by atoms with Crippen molar-refractivity contribution in [2.45, 2.75) is 50.4 Å². The van der Waals surface area contributed by atoms with Crippen LogP contribution < -0.4 is 16.6 Å². The first kappa shape index (κ1) is 17.7. The Balaban J connectivity index is 1.74. The highest BCUT2D eigenvalue weighted by molar-refractivity contribution is 5.51. The standard InChI is InChI=1S/C17H24N4O4/c1-20-14(13(9-18)15(22)21(2)16(20)23)19-10-12-11-24-17(25-12)7-5-3-4-6-8-17/h12,19H,3-8,10-11H2,1-2H3/t12-/m1/s1. The molecule has 0 bridgehead atoms. The van der Waals surface area contributed by atoms with Gasteiger partial charge in [-0.1, -0.05) is 12.8 Å². The van der Waals surface area contributed by atoms with Gasteiger partial charge in [0.1, 0.15) is 18.0 Å². The van der Waals surface area contributed by atoms with Crippen molar-refractivity contribution in [1.82, 2.24) is 9.13 Å². The van der Waals surface area contributed by atoms with E-state index in [0.717, 1.165) is 30.3 Å². The van der Waals surface area contributed by atoms with Crippen LogP contribution in [0, 0.1) is 11.3 Å². The Hall–Kier alpha value is -2.11. The quantitative estimate of drug-likeness (QED) is 0.869. The maximum atomic E-state index is 12.1. The average Bonchev–Trinajstić information content (AvgIpc) is 2.86. The van der Waals surface area contributed by atoms with E-state index in [2.05, 4.69) is 5.32 Å². The van der Waals surface area contributed by atoms with Crippen molar-refractivity contribution in [3.8, 4) is 6.07 Å². The summed E-state index contributed by atoms with van der Waals surface area (Å²) in [5, 5.41) is 12.3.